The molecule has 0 atom stereocenters. The molecule has 0 amide bonds. The van der Waals surface area contributed by atoms with Gasteiger partial charge in [0.05, 0.1) is 33.1 Å². The van der Waals surface area contributed by atoms with Gasteiger partial charge in [0.15, 0.2) is 11.3 Å². The van der Waals surface area contributed by atoms with Crippen molar-refractivity contribution in [2.45, 2.75) is 213 Å². The molecule has 0 saturated heterocycles. The highest BCUT2D eigenvalue weighted by Gasteiger charge is 2.43. The van der Waals surface area contributed by atoms with Gasteiger partial charge in [-0.05, 0) is 160 Å². The van der Waals surface area contributed by atoms with E-state index < -0.39 is 23.4 Å². The molecule has 442 valence electrons. The Morgan fingerprint density at radius 1 is 0.400 bits per heavy atom. The topological polar surface area (TPSA) is 114 Å². The van der Waals surface area contributed by atoms with Crippen LogP contribution in [0.1, 0.15) is 208 Å². The third-order valence-corrected chi connectivity index (χ3v) is 17.6. The van der Waals surface area contributed by atoms with Crippen LogP contribution in [0.4, 0.5) is 9.59 Å². The second-order valence-electron chi connectivity index (χ2n) is 26.3. The maximum absolute atomic E-state index is 14.4. The van der Waals surface area contributed by atoms with Crippen LogP contribution in [0.5, 0.6) is 0 Å². The van der Waals surface area contributed by atoms with Gasteiger partial charge in [0, 0.05) is 16.2 Å². The van der Waals surface area contributed by atoms with Crippen molar-refractivity contribution in [3.63, 3.8) is 0 Å². The van der Waals surface area contributed by atoms with Crippen LogP contribution >= 0.6 is 0 Å². The van der Waals surface area contributed by atoms with E-state index in [4.69, 9.17) is 29.4 Å². The molecule has 4 aromatic heterocycles. The second kappa shape index (κ2) is 25.6. The lowest BCUT2D eigenvalue weighted by Crippen LogP contribution is -2.27. The molecule has 0 radical (unpaired) electrons. The largest absolute Gasteiger partial charge is 0.443 e. The number of para-hydroxylation sites is 4. The second-order valence-corrected chi connectivity index (χ2v) is 26.3. The van der Waals surface area contributed by atoms with Gasteiger partial charge in [0.25, 0.3) is 0 Å². The van der Waals surface area contributed by atoms with Crippen molar-refractivity contribution >= 4 is 78.4 Å². The van der Waals surface area contributed by atoms with Gasteiger partial charge in [-0.3, -0.25) is 0 Å². The molecular weight excluding hydrogens is 1050 g/mol. The van der Waals surface area contributed by atoms with Crippen molar-refractivity contribution in [3.05, 3.63) is 132 Å². The molecule has 10 heteroatoms. The van der Waals surface area contributed by atoms with Gasteiger partial charge in [-0.15, -0.1) is 0 Å². The highest BCUT2D eigenvalue weighted by molar-refractivity contribution is 6.13. The third-order valence-electron chi connectivity index (χ3n) is 17.6. The first-order valence-corrected chi connectivity index (χ1v) is 32.3. The molecule has 4 heterocycles. The summed E-state index contributed by atoms with van der Waals surface area (Å²) in [7, 11) is 0. The van der Waals surface area contributed by atoms with Crippen LogP contribution < -0.4 is 0 Å². The van der Waals surface area contributed by atoms with Crippen LogP contribution in [0.15, 0.2) is 121 Å². The van der Waals surface area contributed by atoms with Crippen molar-refractivity contribution in [1.82, 2.24) is 29.1 Å². The molecule has 0 spiro atoms. The van der Waals surface area contributed by atoms with Crippen molar-refractivity contribution in [1.29, 1.82) is 0 Å². The monoisotopic (exact) mass is 1140 g/mol. The van der Waals surface area contributed by atoms with E-state index in [0.29, 0.717) is 22.3 Å². The number of nitrogens with zero attached hydrogens (tertiary/aromatic N) is 6. The molecule has 85 heavy (non-hydrogen) atoms. The molecule has 0 fully saturated rings. The summed E-state index contributed by atoms with van der Waals surface area (Å²) in [6.45, 7) is 16.0. The van der Waals surface area contributed by atoms with Gasteiger partial charge >= 0.3 is 12.2 Å². The number of benzene rings is 6. The standard InChI is InChI=1S/C75H88N6O4/c1-9-11-13-15-17-19-21-23-25-31-45-75(46-32-26-24-22-20-18-16-14-12-10-2)59-47-51(53-39-43-57-65(49-53)80(71(82)84-73(3,4)5)69-67(57)76-61-33-27-29-35-63(61)78-69)37-41-55(59)56-42-38-52(48-60(56)75)54-40-44-58-66(50-54)81(72(83)85-74(6,7)8)70-68(58)77-62-34-28-30-36-64(62)79-70/h27-30,33-44,47-50H,9-26,31-32,45-46H2,1-8H3. The van der Waals surface area contributed by atoms with Crippen molar-refractivity contribution in [2.75, 3.05) is 0 Å². The van der Waals surface area contributed by atoms with Crippen LogP contribution in [0.25, 0.3) is 99.6 Å². The zero-order valence-electron chi connectivity index (χ0n) is 51.9. The highest BCUT2D eigenvalue weighted by Crippen LogP contribution is 2.56. The number of carbonyl (C=O) groups excluding carboxylic acids is 2. The van der Waals surface area contributed by atoms with Crippen molar-refractivity contribution in [2.24, 2.45) is 0 Å². The molecular formula is C75H88N6O4. The minimum atomic E-state index is -0.722. The van der Waals surface area contributed by atoms with E-state index in [1.807, 2.05) is 90.1 Å². The average Bonchev–Trinajstić information content (AvgIpc) is 1.99. The number of rotatable bonds is 24. The average molecular weight is 1140 g/mol. The lowest BCUT2D eigenvalue weighted by atomic mass is 9.70. The predicted molar refractivity (Wildman–Crippen MR) is 352 cm³/mol. The van der Waals surface area contributed by atoms with Crippen LogP contribution in [-0.4, -0.2) is 52.5 Å². The Morgan fingerprint density at radius 3 is 1.07 bits per heavy atom. The number of unbranched alkanes of at least 4 members (excludes halogenated alkanes) is 18. The minimum absolute atomic E-state index is 0.260. The number of ether oxygens (including phenoxy) is 2. The van der Waals surface area contributed by atoms with Crippen molar-refractivity contribution < 1.29 is 19.1 Å². The third kappa shape index (κ3) is 12.8. The first kappa shape index (κ1) is 59.3. The zero-order valence-corrected chi connectivity index (χ0v) is 51.9. The molecule has 11 rings (SSSR count). The Hall–Kier alpha value is -7.46. The summed E-state index contributed by atoms with van der Waals surface area (Å²) in [5.41, 5.74) is 14.6. The summed E-state index contributed by atoms with van der Waals surface area (Å²) < 4.78 is 15.5. The fraction of sp³-hybridized carbons (Fsp3) is 0.440. The van der Waals surface area contributed by atoms with E-state index in [0.717, 1.165) is 91.8 Å². The van der Waals surface area contributed by atoms with Gasteiger partial charge in [0.2, 0.25) is 0 Å². The molecule has 10 aromatic rings. The highest BCUT2D eigenvalue weighted by atomic mass is 16.6. The smallest absolute Gasteiger partial charge is 0.420 e. The Morgan fingerprint density at radius 2 is 0.718 bits per heavy atom. The number of fused-ring (bicyclic) bond motifs is 11. The molecule has 0 bridgehead atoms. The summed E-state index contributed by atoms with van der Waals surface area (Å²) in [6, 6.07) is 42.8. The van der Waals surface area contributed by atoms with E-state index in [9.17, 15) is 9.59 Å². The molecule has 1 aliphatic rings. The molecule has 10 nitrogen and oxygen atoms in total. The van der Waals surface area contributed by atoms with E-state index in [-0.39, 0.29) is 5.41 Å². The van der Waals surface area contributed by atoms with Crippen LogP contribution in [0, 0.1) is 0 Å². The van der Waals surface area contributed by atoms with Crippen LogP contribution in [-0.2, 0) is 14.9 Å². The maximum atomic E-state index is 14.4. The van der Waals surface area contributed by atoms with Gasteiger partial charge in [0.1, 0.15) is 22.2 Å². The Balaban J connectivity index is 1.02. The molecule has 6 aromatic carbocycles. The SMILES string of the molecule is CCCCCCCCCCCCC1(CCCCCCCCCCCC)c2cc(-c3ccc4c5nc6ccccc6nc5n(C(=O)OC(C)(C)C)c4c3)ccc2-c2ccc(-c3ccc4c5nc6ccccc6nc5n(C(=O)OC(C)(C)C)c4c3)cc21. The fourth-order valence-corrected chi connectivity index (χ4v) is 13.4. The minimum Gasteiger partial charge on any atom is -0.443 e. The number of aromatic nitrogens is 6. The van der Waals surface area contributed by atoms with E-state index in [1.165, 1.54) is 138 Å². The summed E-state index contributed by atoms with van der Waals surface area (Å²) in [5.74, 6) is 0. The Kier molecular flexibility index (Phi) is 17.9. The molecule has 1 aliphatic carbocycles. The summed E-state index contributed by atoms with van der Waals surface area (Å²) in [6.07, 6.45) is 26.8. The predicted octanol–water partition coefficient (Wildman–Crippen LogP) is 21.6. The quantitative estimate of drug-likeness (QED) is 0.0550. The van der Waals surface area contributed by atoms with E-state index in [2.05, 4.69) is 86.6 Å². The summed E-state index contributed by atoms with van der Waals surface area (Å²) in [5, 5.41) is 1.71. The maximum Gasteiger partial charge on any atom is 0.420 e. The van der Waals surface area contributed by atoms with Gasteiger partial charge in [-0.2, -0.15) is 0 Å². The van der Waals surface area contributed by atoms with Crippen LogP contribution in [0.2, 0.25) is 0 Å². The van der Waals surface area contributed by atoms with Gasteiger partial charge in [-0.1, -0.05) is 203 Å². The zero-order chi connectivity index (χ0) is 59.3. The summed E-state index contributed by atoms with van der Waals surface area (Å²) >= 11 is 0. The normalized spacial score (nSPS) is 13.2. The first-order valence-electron chi connectivity index (χ1n) is 32.3. The number of hydrogen-bond donors (Lipinski definition) is 0. The van der Waals surface area contributed by atoms with Crippen molar-refractivity contribution in [3.8, 4) is 33.4 Å². The van der Waals surface area contributed by atoms with Gasteiger partial charge < -0.3 is 9.47 Å². The lowest BCUT2D eigenvalue weighted by Gasteiger charge is -2.33. The molecule has 0 N–H and O–H groups in total. The molecule has 0 aliphatic heterocycles. The van der Waals surface area contributed by atoms with Gasteiger partial charge in [-0.25, -0.2) is 38.7 Å². The number of hydrogen-bond acceptors (Lipinski definition) is 8. The number of carbonyl (C=O) groups is 2. The lowest BCUT2D eigenvalue weighted by molar-refractivity contribution is 0.0539. The molecule has 0 saturated carbocycles. The Labute approximate surface area is 503 Å². The molecule has 0 unspecified atom stereocenters. The van der Waals surface area contributed by atoms with E-state index >= 15 is 0 Å². The van der Waals surface area contributed by atoms with E-state index in [1.54, 1.807) is 9.13 Å². The summed E-state index contributed by atoms with van der Waals surface area (Å²) in [4.78, 5) is 49.1. The van der Waals surface area contributed by atoms with Crippen LogP contribution in [0.3, 0.4) is 0 Å². The first-order chi connectivity index (χ1) is 41.1. The fourth-order valence-electron chi connectivity index (χ4n) is 13.4. The Bertz CT molecular complexity index is 3780.